The van der Waals surface area contributed by atoms with Crippen LogP contribution < -0.4 is 0 Å². The van der Waals surface area contributed by atoms with Gasteiger partial charge in [-0.15, -0.1) is 0 Å². The molecule has 0 radical (unpaired) electrons. The van der Waals surface area contributed by atoms with Crippen molar-refractivity contribution in [2.45, 2.75) is 78.2 Å². The van der Waals surface area contributed by atoms with Gasteiger partial charge in [0, 0.05) is 13.7 Å². The standard InChI is InChI=1S/C23H38O2/c1-5-16-6-7-19-21-15(14-25-4)12-17-13-18(24)8-10-23(17,3)20(21)9-11-22(16,19)2/h5,15,17-21,24H,6-14H2,1-4H3/b16-5-/t15-,17-,18?,19-,20-,21-,22+,23-/m0/s1. The second-order valence-corrected chi connectivity index (χ2v) is 10.2. The molecule has 4 fully saturated rings. The van der Waals surface area contributed by atoms with Crippen molar-refractivity contribution in [2.24, 2.45) is 40.4 Å². The van der Waals surface area contributed by atoms with Crippen LogP contribution in [0.2, 0.25) is 0 Å². The lowest BCUT2D eigenvalue weighted by atomic mass is 9.43. The Hall–Kier alpha value is -0.340. The van der Waals surface area contributed by atoms with Gasteiger partial charge in [-0.3, -0.25) is 0 Å². The van der Waals surface area contributed by atoms with Crippen LogP contribution in [0.15, 0.2) is 11.6 Å². The van der Waals surface area contributed by atoms with Crippen LogP contribution in [-0.4, -0.2) is 24.9 Å². The van der Waals surface area contributed by atoms with Gasteiger partial charge >= 0.3 is 0 Å². The first-order valence-corrected chi connectivity index (χ1v) is 10.8. The molecule has 2 nitrogen and oxygen atoms in total. The fourth-order valence-electron chi connectivity index (χ4n) is 8.11. The van der Waals surface area contributed by atoms with Crippen LogP contribution in [0.25, 0.3) is 0 Å². The summed E-state index contributed by atoms with van der Waals surface area (Å²) in [5.74, 6) is 3.91. The predicted octanol–water partition coefficient (Wildman–Crippen LogP) is 5.21. The normalized spacial score (nSPS) is 54.0. The number of methoxy groups -OCH3 is 1. The van der Waals surface area contributed by atoms with E-state index in [0.29, 0.717) is 22.7 Å². The van der Waals surface area contributed by atoms with Gasteiger partial charge in [0.15, 0.2) is 0 Å². The molecule has 0 aliphatic heterocycles. The summed E-state index contributed by atoms with van der Waals surface area (Å²) >= 11 is 0. The minimum absolute atomic E-state index is 0.0622. The molecule has 4 rings (SSSR count). The Kier molecular flexibility index (Phi) is 4.60. The smallest absolute Gasteiger partial charge is 0.0543 e. The van der Waals surface area contributed by atoms with Crippen LogP contribution in [0.1, 0.15) is 72.1 Å². The van der Waals surface area contributed by atoms with Crippen molar-refractivity contribution in [1.82, 2.24) is 0 Å². The molecular weight excluding hydrogens is 308 g/mol. The molecule has 0 aromatic rings. The van der Waals surface area contributed by atoms with Gasteiger partial charge in [-0.1, -0.05) is 25.5 Å². The summed E-state index contributed by atoms with van der Waals surface area (Å²) in [6.45, 7) is 8.32. The van der Waals surface area contributed by atoms with Crippen LogP contribution in [0.5, 0.6) is 0 Å². The first-order chi connectivity index (χ1) is 11.9. The van der Waals surface area contributed by atoms with Crippen molar-refractivity contribution in [1.29, 1.82) is 0 Å². The van der Waals surface area contributed by atoms with E-state index in [-0.39, 0.29) is 6.10 Å². The molecule has 142 valence electrons. The van der Waals surface area contributed by atoms with Crippen molar-refractivity contribution in [3.05, 3.63) is 11.6 Å². The number of allylic oxidation sites excluding steroid dienone is 2. The maximum absolute atomic E-state index is 10.3. The quantitative estimate of drug-likeness (QED) is 0.696. The predicted molar refractivity (Wildman–Crippen MR) is 102 cm³/mol. The molecule has 0 amide bonds. The summed E-state index contributed by atoms with van der Waals surface area (Å²) in [5, 5.41) is 10.3. The Labute approximate surface area is 154 Å². The minimum atomic E-state index is -0.0622. The number of rotatable bonds is 2. The maximum Gasteiger partial charge on any atom is 0.0543 e. The lowest BCUT2D eigenvalue weighted by Crippen LogP contribution is -2.57. The number of aliphatic hydroxyl groups excluding tert-OH is 1. The van der Waals surface area contributed by atoms with Gasteiger partial charge in [0.05, 0.1) is 6.10 Å². The van der Waals surface area contributed by atoms with E-state index >= 15 is 0 Å². The van der Waals surface area contributed by atoms with Gasteiger partial charge in [0.25, 0.3) is 0 Å². The summed E-state index contributed by atoms with van der Waals surface area (Å²) in [4.78, 5) is 0. The lowest BCUT2D eigenvalue weighted by molar-refractivity contribution is -0.151. The molecule has 1 unspecified atom stereocenters. The molecule has 4 aliphatic carbocycles. The average Bonchev–Trinajstić information content (AvgIpc) is 2.93. The highest BCUT2D eigenvalue weighted by Gasteiger charge is 2.61. The molecule has 8 atom stereocenters. The molecule has 2 heteroatoms. The third kappa shape index (κ3) is 2.57. The monoisotopic (exact) mass is 346 g/mol. The Morgan fingerprint density at radius 1 is 1.12 bits per heavy atom. The summed E-state index contributed by atoms with van der Waals surface area (Å²) < 4.78 is 5.73. The van der Waals surface area contributed by atoms with Crippen molar-refractivity contribution in [3.63, 3.8) is 0 Å². The zero-order chi connectivity index (χ0) is 17.8. The minimum Gasteiger partial charge on any atom is -0.393 e. The Morgan fingerprint density at radius 2 is 1.92 bits per heavy atom. The summed E-state index contributed by atoms with van der Waals surface area (Å²) in [6, 6.07) is 0. The highest BCUT2D eigenvalue weighted by atomic mass is 16.5. The van der Waals surface area contributed by atoms with Gasteiger partial charge in [-0.25, -0.2) is 0 Å². The van der Waals surface area contributed by atoms with Crippen molar-refractivity contribution >= 4 is 0 Å². The van der Waals surface area contributed by atoms with Gasteiger partial charge in [-0.05, 0) is 98.7 Å². The first-order valence-electron chi connectivity index (χ1n) is 10.8. The van der Waals surface area contributed by atoms with E-state index in [2.05, 4.69) is 26.8 Å². The largest absolute Gasteiger partial charge is 0.393 e. The second kappa shape index (κ2) is 6.37. The second-order valence-electron chi connectivity index (χ2n) is 10.2. The highest BCUT2D eigenvalue weighted by molar-refractivity contribution is 5.24. The zero-order valence-corrected chi connectivity index (χ0v) is 16.8. The van der Waals surface area contributed by atoms with Gasteiger partial charge in [0.2, 0.25) is 0 Å². The van der Waals surface area contributed by atoms with E-state index in [1.54, 1.807) is 5.57 Å². The summed E-state index contributed by atoms with van der Waals surface area (Å²) in [6.07, 6.45) is 12.4. The Morgan fingerprint density at radius 3 is 2.64 bits per heavy atom. The molecular formula is C23H38O2. The number of fused-ring (bicyclic) bond motifs is 5. The van der Waals surface area contributed by atoms with Gasteiger partial charge in [-0.2, -0.15) is 0 Å². The molecule has 4 aliphatic rings. The molecule has 0 bridgehead atoms. The highest BCUT2D eigenvalue weighted by Crippen LogP contribution is 2.68. The third-order valence-corrected chi connectivity index (χ3v) is 9.39. The van der Waals surface area contributed by atoms with Crippen molar-refractivity contribution in [2.75, 3.05) is 13.7 Å². The van der Waals surface area contributed by atoms with Crippen LogP contribution in [0.4, 0.5) is 0 Å². The summed E-state index contributed by atoms with van der Waals surface area (Å²) in [7, 11) is 1.88. The lowest BCUT2D eigenvalue weighted by Gasteiger charge is -2.62. The number of hydrogen-bond donors (Lipinski definition) is 1. The summed E-state index contributed by atoms with van der Waals surface area (Å²) in [5.41, 5.74) is 2.63. The number of ether oxygens (including phenoxy) is 1. The fourth-order valence-corrected chi connectivity index (χ4v) is 8.11. The van der Waals surface area contributed by atoms with E-state index in [1.807, 2.05) is 7.11 Å². The molecule has 4 saturated carbocycles. The fraction of sp³-hybridized carbons (Fsp3) is 0.913. The van der Waals surface area contributed by atoms with Gasteiger partial charge in [0.1, 0.15) is 0 Å². The van der Waals surface area contributed by atoms with Crippen LogP contribution in [0, 0.1) is 40.4 Å². The molecule has 0 saturated heterocycles. The third-order valence-electron chi connectivity index (χ3n) is 9.39. The molecule has 1 N–H and O–H groups in total. The van der Waals surface area contributed by atoms with Crippen LogP contribution in [0.3, 0.4) is 0 Å². The van der Waals surface area contributed by atoms with E-state index in [1.165, 1.54) is 38.5 Å². The molecule has 0 spiro atoms. The van der Waals surface area contributed by atoms with Gasteiger partial charge < -0.3 is 9.84 Å². The topological polar surface area (TPSA) is 29.5 Å². The van der Waals surface area contributed by atoms with E-state index in [4.69, 9.17) is 4.74 Å². The molecule has 0 aromatic heterocycles. The Bertz CT molecular complexity index is 540. The van der Waals surface area contributed by atoms with Crippen LogP contribution >= 0.6 is 0 Å². The van der Waals surface area contributed by atoms with Crippen molar-refractivity contribution in [3.8, 4) is 0 Å². The first kappa shape index (κ1) is 18.0. The van der Waals surface area contributed by atoms with E-state index < -0.39 is 0 Å². The SMILES string of the molecule is C/C=C1/CC[C@H]2[C@@H]3[C@H](COC)C[C@H]4CC(O)CC[C@]4(C)[C@H]3CC[C@]12C. The average molecular weight is 347 g/mol. The number of aliphatic hydroxyl groups is 1. The van der Waals surface area contributed by atoms with Crippen molar-refractivity contribution < 1.29 is 9.84 Å². The van der Waals surface area contributed by atoms with Crippen LogP contribution in [-0.2, 0) is 4.74 Å². The molecule has 0 heterocycles. The zero-order valence-electron chi connectivity index (χ0n) is 16.8. The Balaban J connectivity index is 1.70. The van der Waals surface area contributed by atoms with E-state index in [9.17, 15) is 5.11 Å². The maximum atomic E-state index is 10.3. The molecule has 25 heavy (non-hydrogen) atoms. The number of hydrogen-bond acceptors (Lipinski definition) is 2. The molecule has 0 aromatic carbocycles. The van der Waals surface area contributed by atoms with E-state index in [0.717, 1.165) is 37.2 Å².